The summed E-state index contributed by atoms with van der Waals surface area (Å²) in [5.74, 6) is 0.333. The van der Waals surface area contributed by atoms with Gasteiger partial charge >= 0.3 is 0 Å². The van der Waals surface area contributed by atoms with Crippen LogP contribution in [-0.4, -0.2) is 35.4 Å². The molecule has 1 aromatic heterocycles. The molecule has 0 aliphatic carbocycles. The van der Waals surface area contributed by atoms with E-state index in [0.29, 0.717) is 18.7 Å². The lowest BCUT2D eigenvalue weighted by atomic mass is 9.97. The maximum Gasteiger partial charge on any atom is 0.237 e. The summed E-state index contributed by atoms with van der Waals surface area (Å²) < 4.78 is 6.73. The minimum atomic E-state index is -0.709. The van der Waals surface area contributed by atoms with Crippen molar-refractivity contribution in [1.29, 1.82) is 0 Å². The fourth-order valence-corrected chi connectivity index (χ4v) is 1.28. The molecule has 6 heteroatoms. The van der Waals surface area contributed by atoms with Gasteiger partial charge in [0.25, 0.3) is 0 Å². The van der Waals surface area contributed by atoms with Crippen LogP contribution in [0.15, 0.2) is 12.4 Å². The van der Waals surface area contributed by atoms with E-state index < -0.39 is 5.54 Å². The third-order valence-electron chi connectivity index (χ3n) is 2.78. The lowest BCUT2D eigenvalue weighted by Gasteiger charge is -2.25. The van der Waals surface area contributed by atoms with E-state index in [4.69, 9.17) is 10.5 Å². The quantitative estimate of drug-likeness (QED) is 0.700. The van der Waals surface area contributed by atoms with Crippen molar-refractivity contribution in [3.8, 4) is 5.75 Å². The first kappa shape index (κ1) is 12.5. The van der Waals surface area contributed by atoms with Gasteiger partial charge in [0.05, 0.1) is 25.0 Å². The zero-order chi connectivity index (χ0) is 12.2. The first-order chi connectivity index (χ1) is 7.51. The Morgan fingerprint density at radius 2 is 2.44 bits per heavy atom. The molecule has 0 aliphatic rings. The molecule has 0 spiro atoms. The normalized spacial score (nSPS) is 14.4. The second-order valence-electron chi connectivity index (χ2n) is 3.84. The summed E-state index contributed by atoms with van der Waals surface area (Å²) in [7, 11) is 3.30. The minimum absolute atomic E-state index is 0.367. The highest BCUT2D eigenvalue weighted by molar-refractivity contribution is 5.84. The van der Waals surface area contributed by atoms with Crippen LogP contribution in [0.4, 0.5) is 0 Å². The van der Waals surface area contributed by atoms with Gasteiger partial charge in [0.1, 0.15) is 0 Å². The number of nitrogens with one attached hydrogen (secondary N) is 1. The van der Waals surface area contributed by atoms with Crippen molar-refractivity contribution in [3.05, 3.63) is 12.4 Å². The van der Waals surface area contributed by atoms with Crippen molar-refractivity contribution >= 4 is 5.91 Å². The Bertz CT molecular complexity index is 363. The molecule has 0 bridgehead atoms. The third-order valence-corrected chi connectivity index (χ3v) is 2.78. The van der Waals surface area contributed by atoms with Gasteiger partial charge in [-0.25, -0.2) is 0 Å². The molecule has 0 aromatic carbocycles. The predicted molar refractivity (Wildman–Crippen MR) is 60.1 cm³/mol. The maximum atomic E-state index is 11.2. The number of carbonyl (C=O) groups is 1. The van der Waals surface area contributed by atoms with Crippen molar-refractivity contribution in [3.63, 3.8) is 0 Å². The van der Waals surface area contributed by atoms with E-state index in [9.17, 15) is 4.79 Å². The number of rotatable bonds is 6. The molecule has 1 amide bonds. The summed E-state index contributed by atoms with van der Waals surface area (Å²) in [5, 5.41) is 7.02. The van der Waals surface area contributed by atoms with Crippen LogP contribution in [0.3, 0.4) is 0 Å². The Balaban J connectivity index is 2.59. The van der Waals surface area contributed by atoms with Crippen molar-refractivity contribution in [2.24, 2.45) is 5.73 Å². The molecule has 1 heterocycles. The Morgan fingerprint density at radius 1 is 1.75 bits per heavy atom. The van der Waals surface area contributed by atoms with E-state index in [1.54, 1.807) is 38.2 Å². The molecule has 0 fully saturated rings. The van der Waals surface area contributed by atoms with E-state index >= 15 is 0 Å². The van der Waals surface area contributed by atoms with Gasteiger partial charge in [-0.05, 0) is 20.4 Å². The van der Waals surface area contributed by atoms with Crippen molar-refractivity contribution in [1.82, 2.24) is 15.1 Å². The number of methoxy groups -OCH3 is 1. The zero-order valence-electron chi connectivity index (χ0n) is 9.86. The van der Waals surface area contributed by atoms with Gasteiger partial charge in [-0.1, -0.05) is 0 Å². The molecule has 3 N–H and O–H groups in total. The van der Waals surface area contributed by atoms with Crippen LogP contribution in [0.25, 0.3) is 0 Å². The second-order valence-corrected chi connectivity index (χ2v) is 3.84. The lowest BCUT2D eigenvalue weighted by molar-refractivity contribution is -0.124. The highest BCUT2D eigenvalue weighted by atomic mass is 16.5. The van der Waals surface area contributed by atoms with E-state index in [0.717, 1.165) is 0 Å². The Kier molecular flexibility index (Phi) is 3.89. The van der Waals surface area contributed by atoms with Gasteiger partial charge in [0.15, 0.2) is 5.75 Å². The predicted octanol–water partition coefficient (Wildman–Crippen LogP) is -0.255. The summed E-state index contributed by atoms with van der Waals surface area (Å²) >= 11 is 0. The van der Waals surface area contributed by atoms with Crippen LogP contribution >= 0.6 is 0 Å². The zero-order valence-corrected chi connectivity index (χ0v) is 9.86. The van der Waals surface area contributed by atoms with Crippen molar-refractivity contribution in [2.45, 2.75) is 25.4 Å². The fraction of sp³-hybridized carbons (Fsp3) is 0.600. The van der Waals surface area contributed by atoms with Gasteiger partial charge in [-0.3, -0.25) is 9.48 Å². The average Bonchev–Trinajstić information content (AvgIpc) is 2.73. The van der Waals surface area contributed by atoms with Crippen molar-refractivity contribution in [2.75, 3.05) is 14.2 Å². The van der Waals surface area contributed by atoms with Crippen LogP contribution in [0, 0.1) is 0 Å². The number of aromatic nitrogens is 2. The van der Waals surface area contributed by atoms with Gasteiger partial charge in [-0.2, -0.15) is 5.10 Å². The average molecular weight is 226 g/mol. The SMILES string of the molecule is CNC(C)(CCn1cc(OC)cn1)C(N)=O. The number of primary amides is 1. The number of hydrogen-bond acceptors (Lipinski definition) is 4. The molecule has 6 nitrogen and oxygen atoms in total. The summed E-state index contributed by atoms with van der Waals surface area (Å²) in [6.07, 6.45) is 3.97. The minimum Gasteiger partial charge on any atom is -0.493 e. The van der Waals surface area contributed by atoms with E-state index in [1.807, 2.05) is 0 Å². The number of ether oxygens (including phenoxy) is 1. The molecule has 1 unspecified atom stereocenters. The van der Waals surface area contributed by atoms with Crippen LogP contribution in [-0.2, 0) is 11.3 Å². The number of likely N-dealkylation sites (N-methyl/N-ethyl adjacent to an activating group) is 1. The van der Waals surface area contributed by atoms with Crippen LogP contribution < -0.4 is 15.8 Å². The number of nitrogens with two attached hydrogens (primary N) is 1. The number of aryl methyl sites for hydroxylation is 1. The molecule has 90 valence electrons. The monoisotopic (exact) mass is 226 g/mol. The molecule has 1 aromatic rings. The standard InChI is InChI=1S/C10H18N4O2/c1-10(12-2,9(11)15)4-5-14-7-8(16-3)6-13-14/h6-7,12H,4-5H2,1-3H3,(H2,11,15). The summed E-state index contributed by atoms with van der Waals surface area (Å²) in [6.45, 7) is 2.37. The van der Waals surface area contributed by atoms with Crippen LogP contribution in [0.2, 0.25) is 0 Å². The fourth-order valence-electron chi connectivity index (χ4n) is 1.28. The molecular weight excluding hydrogens is 208 g/mol. The Morgan fingerprint density at radius 3 is 2.88 bits per heavy atom. The molecule has 16 heavy (non-hydrogen) atoms. The van der Waals surface area contributed by atoms with Gasteiger partial charge in [0.2, 0.25) is 5.91 Å². The van der Waals surface area contributed by atoms with Gasteiger partial charge < -0.3 is 15.8 Å². The highest BCUT2D eigenvalue weighted by Gasteiger charge is 2.28. The topological polar surface area (TPSA) is 82.2 Å². The molecule has 0 radical (unpaired) electrons. The summed E-state index contributed by atoms with van der Waals surface area (Å²) in [5.41, 5.74) is 4.61. The molecular formula is C10H18N4O2. The van der Waals surface area contributed by atoms with E-state index in [2.05, 4.69) is 10.4 Å². The molecule has 0 saturated heterocycles. The number of amides is 1. The number of hydrogen-bond donors (Lipinski definition) is 2. The van der Waals surface area contributed by atoms with E-state index in [-0.39, 0.29) is 5.91 Å². The first-order valence-corrected chi connectivity index (χ1v) is 5.07. The molecule has 0 aliphatic heterocycles. The van der Waals surface area contributed by atoms with Gasteiger partial charge in [0, 0.05) is 6.54 Å². The van der Waals surface area contributed by atoms with Crippen LogP contribution in [0.1, 0.15) is 13.3 Å². The molecule has 1 atom stereocenters. The van der Waals surface area contributed by atoms with E-state index in [1.165, 1.54) is 0 Å². The second kappa shape index (κ2) is 4.98. The molecule has 0 saturated carbocycles. The number of carbonyl (C=O) groups excluding carboxylic acids is 1. The highest BCUT2D eigenvalue weighted by Crippen LogP contribution is 2.12. The smallest absolute Gasteiger partial charge is 0.237 e. The van der Waals surface area contributed by atoms with Crippen molar-refractivity contribution < 1.29 is 9.53 Å². The van der Waals surface area contributed by atoms with Gasteiger partial charge in [-0.15, -0.1) is 0 Å². The maximum absolute atomic E-state index is 11.2. The molecule has 1 rings (SSSR count). The largest absolute Gasteiger partial charge is 0.493 e. The summed E-state index contributed by atoms with van der Waals surface area (Å²) in [4.78, 5) is 11.2. The summed E-state index contributed by atoms with van der Waals surface area (Å²) in [6, 6.07) is 0. The number of nitrogens with zero attached hydrogens (tertiary/aromatic N) is 2. The Hall–Kier alpha value is -1.56. The Labute approximate surface area is 94.8 Å². The lowest BCUT2D eigenvalue weighted by Crippen LogP contribution is -2.52. The van der Waals surface area contributed by atoms with Crippen LogP contribution in [0.5, 0.6) is 5.75 Å². The first-order valence-electron chi connectivity index (χ1n) is 5.07. The third kappa shape index (κ3) is 2.73.